The number of nitrogens with one attached hydrogen (secondary N) is 1. The first-order chi connectivity index (χ1) is 9.02. The Bertz CT molecular complexity index is 639. The molecule has 0 amide bonds. The molecule has 0 radical (unpaired) electrons. The molecule has 4 nitrogen and oxygen atoms in total. The zero-order valence-corrected chi connectivity index (χ0v) is 11.3. The number of aromatic amines is 1. The highest BCUT2D eigenvalue weighted by molar-refractivity contribution is 5.73. The maximum Gasteiger partial charge on any atom is 0.101 e. The Balaban J connectivity index is 2.35. The van der Waals surface area contributed by atoms with Crippen molar-refractivity contribution in [2.45, 2.75) is 26.2 Å². The molecule has 0 bridgehead atoms. The molecule has 0 aliphatic rings. The predicted octanol–water partition coefficient (Wildman–Crippen LogP) is 3.14. The molecule has 96 valence electrons. The molecule has 0 aromatic carbocycles. The van der Waals surface area contributed by atoms with Crippen LogP contribution in [0.1, 0.15) is 43.2 Å². The Morgan fingerprint density at radius 2 is 1.95 bits per heavy atom. The summed E-state index contributed by atoms with van der Waals surface area (Å²) in [4.78, 5) is 3.94. The normalized spacial score (nSPS) is 11.7. The number of hydrogen-bond acceptors (Lipinski definition) is 3. The van der Waals surface area contributed by atoms with Gasteiger partial charge in [0.05, 0.1) is 11.8 Å². The third kappa shape index (κ3) is 2.89. The van der Waals surface area contributed by atoms with Crippen molar-refractivity contribution in [2.24, 2.45) is 0 Å². The molecule has 0 fully saturated rings. The summed E-state index contributed by atoms with van der Waals surface area (Å²) in [5.41, 5.74) is 3.55. The van der Waals surface area contributed by atoms with Gasteiger partial charge in [0.1, 0.15) is 6.07 Å². The van der Waals surface area contributed by atoms with E-state index in [1.54, 1.807) is 18.6 Å². The van der Waals surface area contributed by atoms with Crippen LogP contribution >= 0.6 is 0 Å². The van der Waals surface area contributed by atoms with Crippen molar-refractivity contribution in [1.29, 1.82) is 5.26 Å². The van der Waals surface area contributed by atoms with Gasteiger partial charge < -0.3 is 0 Å². The number of aromatic nitrogens is 3. The van der Waals surface area contributed by atoms with Crippen LogP contribution in [0.3, 0.4) is 0 Å². The summed E-state index contributed by atoms with van der Waals surface area (Å²) in [6, 6.07) is 3.96. The zero-order chi connectivity index (χ0) is 13.9. The SMILES string of the molecule is CC(C)(C)c1[nH]ncc1/C=C/c1ccncc1C#N. The van der Waals surface area contributed by atoms with E-state index in [9.17, 15) is 0 Å². The minimum atomic E-state index is 0.00642. The second-order valence-corrected chi connectivity index (χ2v) is 5.36. The van der Waals surface area contributed by atoms with E-state index in [0.29, 0.717) is 5.56 Å². The van der Waals surface area contributed by atoms with E-state index in [4.69, 9.17) is 5.26 Å². The van der Waals surface area contributed by atoms with Crippen LogP contribution in [0.15, 0.2) is 24.7 Å². The van der Waals surface area contributed by atoms with E-state index in [0.717, 1.165) is 16.8 Å². The number of nitrogens with zero attached hydrogens (tertiary/aromatic N) is 3. The minimum absolute atomic E-state index is 0.00642. The number of pyridine rings is 1. The molecule has 4 heteroatoms. The number of hydrogen-bond donors (Lipinski definition) is 1. The smallest absolute Gasteiger partial charge is 0.101 e. The Labute approximate surface area is 112 Å². The number of H-pyrrole nitrogens is 1. The maximum atomic E-state index is 9.02. The molecule has 0 atom stereocenters. The molecular formula is C15H16N4. The lowest BCUT2D eigenvalue weighted by molar-refractivity contribution is 0.566. The second-order valence-electron chi connectivity index (χ2n) is 5.36. The van der Waals surface area contributed by atoms with Crippen LogP contribution in [-0.2, 0) is 5.41 Å². The average molecular weight is 252 g/mol. The molecule has 19 heavy (non-hydrogen) atoms. The summed E-state index contributed by atoms with van der Waals surface area (Å²) in [7, 11) is 0. The molecule has 2 aromatic rings. The van der Waals surface area contributed by atoms with Gasteiger partial charge in [0, 0.05) is 29.1 Å². The first-order valence-corrected chi connectivity index (χ1v) is 6.08. The van der Waals surface area contributed by atoms with Crippen molar-refractivity contribution in [3.8, 4) is 6.07 Å². The van der Waals surface area contributed by atoms with Gasteiger partial charge in [-0.1, -0.05) is 32.9 Å². The van der Waals surface area contributed by atoms with Gasteiger partial charge in [-0.3, -0.25) is 10.1 Å². The van der Waals surface area contributed by atoms with Crippen molar-refractivity contribution in [2.75, 3.05) is 0 Å². The van der Waals surface area contributed by atoms with E-state index in [-0.39, 0.29) is 5.41 Å². The fourth-order valence-corrected chi connectivity index (χ4v) is 1.85. The lowest BCUT2D eigenvalue weighted by Crippen LogP contribution is -2.13. The summed E-state index contributed by atoms with van der Waals surface area (Å²) in [5.74, 6) is 0. The molecule has 0 unspecified atom stereocenters. The highest BCUT2D eigenvalue weighted by atomic mass is 15.1. The molecule has 0 spiro atoms. The topological polar surface area (TPSA) is 65.4 Å². The van der Waals surface area contributed by atoms with Crippen molar-refractivity contribution >= 4 is 12.2 Å². The van der Waals surface area contributed by atoms with Crippen molar-refractivity contribution < 1.29 is 0 Å². The van der Waals surface area contributed by atoms with Crippen LogP contribution in [0.25, 0.3) is 12.2 Å². The van der Waals surface area contributed by atoms with Crippen LogP contribution in [0.2, 0.25) is 0 Å². The molecular weight excluding hydrogens is 236 g/mol. The molecule has 0 saturated carbocycles. The van der Waals surface area contributed by atoms with Gasteiger partial charge in [-0.15, -0.1) is 0 Å². The summed E-state index contributed by atoms with van der Waals surface area (Å²) >= 11 is 0. The average Bonchev–Trinajstić information content (AvgIpc) is 2.85. The summed E-state index contributed by atoms with van der Waals surface area (Å²) in [6.07, 6.45) is 8.94. The van der Waals surface area contributed by atoms with Gasteiger partial charge in [0.25, 0.3) is 0 Å². The van der Waals surface area contributed by atoms with Crippen LogP contribution in [0, 0.1) is 11.3 Å². The molecule has 2 heterocycles. The first-order valence-electron chi connectivity index (χ1n) is 6.08. The van der Waals surface area contributed by atoms with Gasteiger partial charge in [-0.2, -0.15) is 10.4 Å². The fraction of sp³-hybridized carbons (Fsp3) is 0.267. The largest absolute Gasteiger partial charge is 0.281 e. The van der Waals surface area contributed by atoms with E-state index in [1.165, 1.54) is 0 Å². The molecule has 2 aromatic heterocycles. The fourth-order valence-electron chi connectivity index (χ4n) is 1.85. The second kappa shape index (κ2) is 5.07. The Morgan fingerprint density at radius 1 is 1.21 bits per heavy atom. The molecule has 0 aliphatic carbocycles. The lowest BCUT2D eigenvalue weighted by atomic mass is 9.89. The Hall–Kier alpha value is -2.41. The van der Waals surface area contributed by atoms with Crippen molar-refractivity contribution in [3.63, 3.8) is 0 Å². The first kappa shape index (κ1) is 13.0. The van der Waals surface area contributed by atoms with Gasteiger partial charge in [0.2, 0.25) is 0 Å². The van der Waals surface area contributed by atoms with Gasteiger partial charge in [0.15, 0.2) is 0 Å². The van der Waals surface area contributed by atoms with Gasteiger partial charge in [-0.25, -0.2) is 0 Å². The monoisotopic (exact) mass is 252 g/mol. The predicted molar refractivity (Wildman–Crippen MR) is 75.2 cm³/mol. The minimum Gasteiger partial charge on any atom is -0.281 e. The van der Waals surface area contributed by atoms with Crippen molar-refractivity contribution in [3.05, 3.63) is 47.0 Å². The third-order valence-electron chi connectivity index (χ3n) is 2.84. The molecule has 0 saturated heterocycles. The highest BCUT2D eigenvalue weighted by Crippen LogP contribution is 2.24. The number of nitriles is 1. The molecule has 2 rings (SSSR count). The van der Waals surface area contributed by atoms with Crippen LogP contribution in [0.4, 0.5) is 0 Å². The Kier molecular flexibility index (Phi) is 3.48. The Morgan fingerprint density at radius 3 is 2.63 bits per heavy atom. The van der Waals surface area contributed by atoms with Crippen LogP contribution in [-0.4, -0.2) is 15.2 Å². The van der Waals surface area contributed by atoms with Crippen molar-refractivity contribution in [1.82, 2.24) is 15.2 Å². The third-order valence-corrected chi connectivity index (χ3v) is 2.84. The zero-order valence-electron chi connectivity index (χ0n) is 11.3. The van der Waals surface area contributed by atoms with Gasteiger partial charge >= 0.3 is 0 Å². The standard InChI is InChI=1S/C15H16N4/c1-15(2,3)14-12(10-18-19-14)5-4-11-6-7-17-9-13(11)8-16/h4-7,9-10H,1-3H3,(H,18,19)/b5-4+. The molecule has 0 aliphatic heterocycles. The molecule has 1 N–H and O–H groups in total. The lowest BCUT2D eigenvalue weighted by Gasteiger charge is -2.17. The number of rotatable bonds is 2. The summed E-state index contributed by atoms with van der Waals surface area (Å²) in [6.45, 7) is 6.39. The van der Waals surface area contributed by atoms with E-state index in [2.05, 4.69) is 42.0 Å². The van der Waals surface area contributed by atoms with Gasteiger partial charge in [-0.05, 0) is 11.6 Å². The van der Waals surface area contributed by atoms with E-state index >= 15 is 0 Å². The van der Waals surface area contributed by atoms with E-state index < -0.39 is 0 Å². The summed E-state index contributed by atoms with van der Waals surface area (Å²) in [5, 5.41) is 16.1. The maximum absolute atomic E-state index is 9.02. The highest BCUT2D eigenvalue weighted by Gasteiger charge is 2.18. The van der Waals surface area contributed by atoms with E-state index in [1.807, 2.05) is 18.2 Å². The summed E-state index contributed by atoms with van der Waals surface area (Å²) < 4.78 is 0. The quantitative estimate of drug-likeness (QED) is 0.892. The van der Waals surface area contributed by atoms with Crippen LogP contribution < -0.4 is 0 Å². The van der Waals surface area contributed by atoms with Crippen LogP contribution in [0.5, 0.6) is 0 Å².